The molecule has 1 heterocycles. The zero-order valence-electron chi connectivity index (χ0n) is 10.7. The van der Waals surface area contributed by atoms with E-state index in [-0.39, 0.29) is 5.82 Å². The van der Waals surface area contributed by atoms with Gasteiger partial charge in [-0.25, -0.2) is 9.37 Å². The van der Waals surface area contributed by atoms with E-state index in [1.165, 1.54) is 17.2 Å². The quantitative estimate of drug-likeness (QED) is 0.706. The molecule has 1 aliphatic carbocycles. The van der Waals surface area contributed by atoms with E-state index in [9.17, 15) is 4.39 Å². The van der Waals surface area contributed by atoms with Gasteiger partial charge in [0.05, 0.1) is 15.5 Å². The number of nitrogens with one attached hydrogen (secondary N) is 1. The third kappa shape index (κ3) is 1.86. The lowest BCUT2D eigenvalue weighted by Crippen LogP contribution is -1.99. The van der Waals surface area contributed by atoms with E-state index >= 15 is 0 Å². The predicted octanol–water partition coefficient (Wildman–Crippen LogP) is 4.35. The molecular weight excluding hydrogens is 319 g/mol. The summed E-state index contributed by atoms with van der Waals surface area (Å²) in [5.41, 5.74) is 4.36. The zero-order valence-corrected chi connectivity index (χ0v) is 12.2. The van der Waals surface area contributed by atoms with Gasteiger partial charge < -0.3 is 4.98 Å². The number of aromatic amines is 1. The van der Waals surface area contributed by atoms with E-state index < -0.39 is 0 Å². The van der Waals surface area contributed by atoms with Gasteiger partial charge in [-0.2, -0.15) is 0 Å². The molecule has 2 aromatic carbocycles. The molecule has 1 N–H and O–H groups in total. The van der Waals surface area contributed by atoms with Crippen LogP contribution in [0.25, 0.3) is 11.0 Å². The molecule has 0 saturated carbocycles. The first kappa shape index (κ1) is 12.1. The smallest absolute Gasteiger partial charge is 0.139 e. The van der Waals surface area contributed by atoms with Crippen LogP contribution in [0, 0.1) is 5.82 Å². The van der Waals surface area contributed by atoms with Crippen LogP contribution in [0.15, 0.2) is 40.9 Å². The number of hydrogen-bond acceptors (Lipinski definition) is 1. The Morgan fingerprint density at radius 1 is 1.15 bits per heavy atom. The van der Waals surface area contributed by atoms with Crippen LogP contribution in [0.5, 0.6) is 0 Å². The first-order valence-corrected chi connectivity index (χ1v) is 7.41. The predicted molar refractivity (Wildman–Crippen MR) is 80.3 cm³/mol. The number of fused-ring (bicyclic) bond motifs is 2. The molecular formula is C16H12BrFN2. The number of nitrogens with zero attached hydrogens (tertiary/aromatic N) is 1. The molecule has 100 valence electrons. The summed E-state index contributed by atoms with van der Waals surface area (Å²) in [6, 6.07) is 11.7. The highest BCUT2D eigenvalue weighted by Crippen LogP contribution is 2.33. The highest BCUT2D eigenvalue weighted by Gasteiger charge is 2.25. The van der Waals surface area contributed by atoms with E-state index in [1.807, 2.05) is 0 Å². The molecule has 0 unspecified atom stereocenters. The van der Waals surface area contributed by atoms with Crippen molar-refractivity contribution in [2.24, 2.45) is 0 Å². The van der Waals surface area contributed by atoms with Crippen LogP contribution in [0.1, 0.15) is 22.9 Å². The SMILES string of the molecule is Fc1cc2[nH]c(C3Cc4ccccc4C3)nc2cc1Br. The van der Waals surface area contributed by atoms with Crippen LogP contribution in [0.4, 0.5) is 4.39 Å². The maximum absolute atomic E-state index is 13.6. The molecule has 4 heteroatoms. The van der Waals surface area contributed by atoms with Crippen molar-refractivity contribution in [1.82, 2.24) is 9.97 Å². The molecule has 0 spiro atoms. The van der Waals surface area contributed by atoms with Gasteiger partial charge in [0.1, 0.15) is 11.6 Å². The number of imidazole rings is 1. The van der Waals surface area contributed by atoms with Crippen LogP contribution in [0.3, 0.4) is 0 Å². The summed E-state index contributed by atoms with van der Waals surface area (Å²) in [6.45, 7) is 0. The molecule has 0 radical (unpaired) electrons. The zero-order chi connectivity index (χ0) is 13.7. The van der Waals surface area contributed by atoms with Crippen LogP contribution in [0.2, 0.25) is 0 Å². The average Bonchev–Trinajstić information content (AvgIpc) is 3.02. The maximum atomic E-state index is 13.6. The number of rotatable bonds is 1. The van der Waals surface area contributed by atoms with Crippen LogP contribution in [-0.2, 0) is 12.8 Å². The molecule has 0 saturated heterocycles. The lowest BCUT2D eigenvalue weighted by molar-refractivity contribution is 0.623. The Labute approximate surface area is 124 Å². The van der Waals surface area contributed by atoms with Gasteiger partial charge in [-0.3, -0.25) is 0 Å². The summed E-state index contributed by atoms with van der Waals surface area (Å²) < 4.78 is 14.0. The topological polar surface area (TPSA) is 28.7 Å². The highest BCUT2D eigenvalue weighted by molar-refractivity contribution is 9.10. The third-order valence-electron chi connectivity index (χ3n) is 3.98. The first-order chi connectivity index (χ1) is 9.70. The maximum Gasteiger partial charge on any atom is 0.139 e. The number of hydrogen-bond donors (Lipinski definition) is 1. The van der Waals surface area contributed by atoms with Crippen molar-refractivity contribution in [3.05, 3.63) is 63.6 Å². The fourth-order valence-corrected chi connectivity index (χ4v) is 3.30. The lowest BCUT2D eigenvalue weighted by Gasteiger charge is -2.03. The van der Waals surface area contributed by atoms with Crippen molar-refractivity contribution in [3.8, 4) is 0 Å². The monoisotopic (exact) mass is 330 g/mol. The second-order valence-electron chi connectivity index (χ2n) is 5.28. The Kier molecular flexibility index (Phi) is 2.67. The Morgan fingerprint density at radius 2 is 1.85 bits per heavy atom. The minimum atomic E-state index is -0.262. The van der Waals surface area contributed by atoms with E-state index in [2.05, 4.69) is 50.2 Å². The minimum absolute atomic E-state index is 0.262. The van der Waals surface area contributed by atoms with E-state index in [1.54, 1.807) is 6.07 Å². The largest absolute Gasteiger partial charge is 0.342 e. The summed E-state index contributed by atoms with van der Waals surface area (Å²) in [4.78, 5) is 7.90. The Balaban J connectivity index is 1.74. The standard InChI is InChI=1S/C16H12BrFN2/c17-12-7-14-15(8-13(12)18)20-16(19-14)11-5-9-3-1-2-4-10(9)6-11/h1-4,7-8,11H,5-6H2,(H,19,20). The second-order valence-corrected chi connectivity index (χ2v) is 6.13. The Hall–Kier alpha value is -1.68. The Bertz CT molecular complexity index is 745. The van der Waals surface area contributed by atoms with Crippen molar-refractivity contribution in [3.63, 3.8) is 0 Å². The van der Waals surface area contributed by atoms with Crippen molar-refractivity contribution in [2.75, 3.05) is 0 Å². The molecule has 1 aromatic heterocycles. The van der Waals surface area contributed by atoms with Gasteiger partial charge in [-0.05, 0) is 46.0 Å². The summed E-state index contributed by atoms with van der Waals surface area (Å²) in [7, 11) is 0. The summed E-state index contributed by atoms with van der Waals surface area (Å²) in [5.74, 6) is 1.05. The fraction of sp³-hybridized carbons (Fsp3) is 0.188. The van der Waals surface area contributed by atoms with Crippen molar-refractivity contribution < 1.29 is 4.39 Å². The molecule has 1 aliphatic rings. The highest BCUT2D eigenvalue weighted by atomic mass is 79.9. The van der Waals surface area contributed by atoms with Gasteiger partial charge in [-0.15, -0.1) is 0 Å². The minimum Gasteiger partial charge on any atom is -0.342 e. The van der Waals surface area contributed by atoms with E-state index in [0.717, 1.165) is 29.7 Å². The van der Waals surface area contributed by atoms with Gasteiger partial charge in [0.25, 0.3) is 0 Å². The molecule has 0 aliphatic heterocycles. The molecule has 20 heavy (non-hydrogen) atoms. The fourth-order valence-electron chi connectivity index (χ4n) is 2.97. The summed E-state index contributed by atoms with van der Waals surface area (Å²) in [5, 5.41) is 0. The number of benzene rings is 2. The van der Waals surface area contributed by atoms with Crippen LogP contribution < -0.4 is 0 Å². The number of halogens is 2. The molecule has 2 nitrogen and oxygen atoms in total. The molecule has 3 aromatic rings. The normalized spacial score (nSPS) is 14.9. The van der Waals surface area contributed by atoms with Gasteiger partial charge in [0, 0.05) is 12.0 Å². The molecule has 4 rings (SSSR count). The molecule has 0 amide bonds. The Morgan fingerprint density at radius 3 is 2.55 bits per heavy atom. The molecule has 0 bridgehead atoms. The summed E-state index contributed by atoms with van der Waals surface area (Å²) in [6.07, 6.45) is 2.00. The number of aromatic nitrogens is 2. The average molecular weight is 331 g/mol. The van der Waals surface area contributed by atoms with Gasteiger partial charge >= 0.3 is 0 Å². The first-order valence-electron chi connectivity index (χ1n) is 6.62. The van der Waals surface area contributed by atoms with Gasteiger partial charge in [0.2, 0.25) is 0 Å². The number of H-pyrrole nitrogens is 1. The third-order valence-corrected chi connectivity index (χ3v) is 4.59. The van der Waals surface area contributed by atoms with E-state index in [0.29, 0.717) is 10.4 Å². The van der Waals surface area contributed by atoms with Crippen molar-refractivity contribution in [2.45, 2.75) is 18.8 Å². The van der Waals surface area contributed by atoms with Crippen LogP contribution in [-0.4, -0.2) is 9.97 Å². The van der Waals surface area contributed by atoms with Gasteiger partial charge in [0.15, 0.2) is 0 Å². The second kappa shape index (κ2) is 4.42. The summed E-state index contributed by atoms with van der Waals surface area (Å²) >= 11 is 3.20. The van der Waals surface area contributed by atoms with Crippen molar-refractivity contribution >= 4 is 27.0 Å². The van der Waals surface area contributed by atoms with Gasteiger partial charge in [-0.1, -0.05) is 24.3 Å². The van der Waals surface area contributed by atoms with Crippen molar-refractivity contribution in [1.29, 1.82) is 0 Å². The van der Waals surface area contributed by atoms with Crippen LogP contribution >= 0.6 is 15.9 Å². The molecule has 0 atom stereocenters. The lowest BCUT2D eigenvalue weighted by atomic mass is 10.1. The molecule has 0 fully saturated rings. The van der Waals surface area contributed by atoms with E-state index in [4.69, 9.17) is 0 Å².